The molecule has 0 aliphatic carbocycles. The third kappa shape index (κ3) is 3.43. The van der Waals surface area contributed by atoms with E-state index in [4.69, 9.17) is 0 Å². The van der Waals surface area contributed by atoms with E-state index in [9.17, 15) is 9.59 Å². The fraction of sp³-hybridized carbons (Fsp3) is 0.643. The van der Waals surface area contributed by atoms with E-state index in [1.165, 1.54) is 17.0 Å². The molecule has 1 aromatic heterocycles. The maximum atomic E-state index is 12.2. The van der Waals surface area contributed by atoms with Gasteiger partial charge in [-0.2, -0.15) is 0 Å². The molecule has 2 heterocycles. The number of hydrogen-bond donors (Lipinski definition) is 0. The van der Waals surface area contributed by atoms with E-state index in [-0.39, 0.29) is 18.0 Å². The van der Waals surface area contributed by atoms with Crippen LogP contribution in [0.15, 0.2) is 17.2 Å². The molecule has 1 saturated heterocycles. The summed E-state index contributed by atoms with van der Waals surface area (Å²) in [6.07, 6.45) is 2.61. The van der Waals surface area contributed by atoms with Crippen LogP contribution in [0.3, 0.4) is 0 Å². The van der Waals surface area contributed by atoms with Gasteiger partial charge in [0.25, 0.3) is 5.56 Å². The predicted octanol–water partition coefficient (Wildman–Crippen LogP) is 1.06. The van der Waals surface area contributed by atoms with Gasteiger partial charge >= 0.3 is 0 Å². The zero-order valence-electron chi connectivity index (χ0n) is 11.8. The number of carbonyl (C=O) groups excluding carboxylic acids is 1. The number of aromatic nitrogens is 2. The van der Waals surface area contributed by atoms with Gasteiger partial charge in [0.05, 0.1) is 6.33 Å². The van der Waals surface area contributed by atoms with Crippen LogP contribution in [0.5, 0.6) is 0 Å². The van der Waals surface area contributed by atoms with Gasteiger partial charge in [0.1, 0.15) is 6.54 Å². The Morgan fingerprint density at radius 2 is 2.00 bits per heavy atom. The summed E-state index contributed by atoms with van der Waals surface area (Å²) >= 11 is 0. The summed E-state index contributed by atoms with van der Waals surface area (Å²) in [5, 5.41) is 0. The lowest BCUT2D eigenvalue weighted by atomic mass is 9.92. The minimum Gasteiger partial charge on any atom is -0.341 e. The van der Waals surface area contributed by atoms with Gasteiger partial charge < -0.3 is 4.90 Å². The molecule has 0 saturated carbocycles. The van der Waals surface area contributed by atoms with Gasteiger partial charge in [-0.3, -0.25) is 14.2 Å². The van der Waals surface area contributed by atoms with E-state index in [1.807, 2.05) is 4.90 Å². The minimum atomic E-state index is -0.168. The second-order valence-corrected chi connectivity index (χ2v) is 5.74. The first-order valence-electron chi connectivity index (χ1n) is 6.76. The molecule has 1 aromatic rings. The lowest BCUT2D eigenvalue weighted by molar-refractivity contribution is -0.134. The molecule has 19 heavy (non-hydrogen) atoms. The lowest BCUT2D eigenvalue weighted by Crippen LogP contribution is -2.44. The Hall–Kier alpha value is -1.65. The van der Waals surface area contributed by atoms with Gasteiger partial charge in [-0.1, -0.05) is 13.8 Å². The van der Waals surface area contributed by atoms with Gasteiger partial charge in [0.2, 0.25) is 5.91 Å². The molecular weight excluding hydrogens is 242 g/mol. The number of rotatable bonds is 2. The molecule has 1 aliphatic heterocycles. The molecule has 2 atom stereocenters. The highest BCUT2D eigenvalue weighted by atomic mass is 16.2. The first-order chi connectivity index (χ1) is 8.95. The molecule has 5 heteroatoms. The number of piperidine rings is 1. The highest BCUT2D eigenvalue weighted by Gasteiger charge is 2.25. The quantitative estimate of drug-likeness (QED) is 0.801. The van der Waals surface area contributed by atoms with Gasteiger partial charge in [-0.25, -0.2) is 4.98 Å². The summed E-state index contributed by atoms with van der Waals surface area (Å²) in [4.78, 5) is 29.9. The van der Waals surface area contributed by atoms with Gasteiger partial charge in [0, 0.05) is 24.8 Å². The van der Waals surface area contributed by atoms with Crippen LogP contribution in [0.1, 0.15) is 26.0 Å². The molecule has 5 nitrogen and oxygen atoms in total. The molecular formula is C14H21N3O2. The Kier molecular flexibility index (Phi) is 4.02. The number of carbonyl (C=O) groups is 1. The summed E-state index contributed by atoms with van der Waals surface area (Å²) in [5.41, 5.74) is 0.507. The van der Waals surface area contributed by atoms with Crippen molar-refractivity contribution in [2.45, 2.75) is 33.7 Å². The van der Waals surface area contributed by atoms with Crippen molar-refractivity contribution in [1.82, 2.24) is 14.5 Å². The Balaban J connectivity index is 2.06. The number of aryl methyl sites for hydroxylation is 1. The van der Waals surface area contributed by atoms with E-state index in [0.717, 1.165) is 19.5 Å². The zero-order valence-corrected chi connectivity index (χ0v) is 11.8. The molecule has 2 unspecified atom stereocenters. The molecule has 0 N–H and O–H groups in total. The number of nitrogens with zero attached hydrogens (tertiary/aromatic N) is 3. The van der Waals surface area contributed by atoms with Crippen LogP contribution in [0, 0.1) is 18.8 Å². The van der Waals surface area contributed by atoms with Crippen LogP contribution in [-0.4, -0.2) is 33.4 Å². The third-order valence-corrected chi connectivity index (χ3v) is 3.54. The van der Waals surface area contributed by atoms with E-state index in [0.29, 0.717) is 17.5 Å². The fourth-order valence-electron chi connectivity index (χ4n) is 2.75. The van der Waals surface area contributed by atoms with Crippen LogP contribution < -0.4 is 5.56 Å². The molecule has 0 radical (unpaired) electrons. The van der Waals surface area contributed by atoms with Crippen molar-refractivity contribution in [3.8, 4) is 0 Å². The topological polar surface area (TPSA) is 55.2 Å². The highest BCUT2D eigenvalue weighted by molar-refractivity contribution is 5.76. The van der Waals surface area contributed by atoms with Crippen LogP contribution in [-0.2, 0) is 11.3 Å². The van der Waals surface area contributed by atoms with Crippen molar-refractivity contribution in [2.75, 3.05) is 13.1 Å². The maximum Gasteiger partial charge on any atom is 0.253 e. The van der Waals surface area contributed by atoms with E-state index >= 15 is 0 Å². The number of hydrogen-bond acceptors (Lipinski definition) is 3. The predicted molar refractivity (Wildman–Crippen MR) is 72.8 cm³/mol. The Morgan fingerprint density at radius 1 is 1.37 bits per heavy atom. The van der Waals surface area contributed by atoms with Gasteiger partial charge in [-0.15, -0.1) is 0 Å². The first-order valence-corrected chi connectivity index (χ1v) is 6.76. The minimum absolute atomic E-state index is 0.00570. The molecule has 2 rings (SSSR count). The van der Waals surface area contributed by atoms with Crippen LogP contribution >= 0.6 is 0 Å². The van der Waals surface area contributed by atoms with Crippen LogP contribution in [0.2, 0.25) is 0 Å². The normalized spacial score (nSPS) is 23.4. The summed E-state index contributed by atoms with van der Waals surface area (Å²) < 4.78 is 1.37. The molecule has 1 aliphatic rings. The summed E-state index contributed by atoms with van der Waals surface area (Å²) in [6.45, 7) is 7.76. The van der Waals surface area contributed by atoms with Crippen LogP contribution in [0.25, 0.3) is 0 Å². The van der Waals surface area contributed by atoms with E-state index < -0.39 is 0 Å². The summed E-state index contributed by atoms with van der Waals surface area (Å²) in [6, 6.07) is 1.45. The Bertz CT molecular complexity index is 514. The molecule has 0 bridgehead atoms. The largest absolute Gasteiger partial charge is 0.341 e. The van der Waals surface area contributed by atoms with Crippen LogP contribution in [0.4, 0.5) is 0 Å². The van der Waals surface area contributed by atoms with Crippen molar-refractivity contribution in [3.05, 3.63) is 28.4 Å². The van der Waals surface area contributed by atoms with Crippen molar-refractivity contribution in [2.24, 2.45) is 11.8 Å². The molecule has 1 amide bonds. The average molecular weight is 263 g/mol. The average Bonchev–Trinajstić information content (AvgIpc) is 2.31. The van der Waals surface area contributed by atoms with Gasteiger partial charge in [-0.05, 0) is 25.2 Å². The van der Waals surface area contributed by atoms with Crippen molar-refractivity contribution in [1.29, 1.82) is 0 Å². The second kappa shape index (κ2) is 5.55. The lowest BCUT2D eigenvalue weighted by Gasteiger charge is -2.35. The monoisotopic (exact) mass is 263 g/mol. The first kappa shape index (κ1) is 13.8. The number of likely N-dealkylation sites (tertiary alicyclic amines) is 1. The third-order valence-electron chi connectivity index (χ3n) is 3.54. The second-order valence-electron chi connectivity index (χ2n) is 5.74. The summed E-state index contributed by atoms with van der Waals surface area (Å²) in [7, 11) is 0. The zero-order chi connectivity index (χ0) is 14.0. The summed E-state index contributed by atoms with van der Waals surface area (Å²) in [5.74, 6) is 1.06. The fourth-order valence-corrected chi connectivity index (χ4v) is 2.75. The number of amides is 1. The molecule has 0 spiro atoms. The maximum absolute atomic E-state index is 12.2. The Morgan fingerprint density at radius 3 is 2.58 bits per heavy atom. The van der Waals surface area contributed by atoms with E-state index in [2.05, 4.69) is 18.8 Å². The van der Waals surface area contributed by atoms with Gasteiger partial charge in [0.15, 0.2) is 0 Å². The smallest absolute Gasteiger partial charge is 0.253 e. The highest BCUT2D eigenvalue weighted by Crippen LogP contribution is 2.20. The molecule has 1 fully saturated rings. The SMILES string of the molecule is Cc1cc(=O)n(CC(=O)N2CC(C)CC(C)C2)cn1. The van der Waals surface area contributed by atoms with Crippen molar-refractivity contribution >= 4 is 5.91 Å². The Labute approximate surface area is 113 Å². The molecule has 104 valence electrons. The van der Waals surface area contributed by atoms with E-state index in [1.54, 1.807) is 6.92 Å². The van der Waals surface area contributed by atoms with Crippen molar-refractivity contribution in [3.63, 3.8) is 0 Å². The standard InChI is InChI=1S/C14H21N3O2/c1-10-4-11(2)7-16(6-10)14(19)8-17-9-15-12(3)5-13(17)18/h5,9-11H,4,6-8H2,1-3H3. The van der Waals surface area contributed by atoms with Crippen molar-refractivity contribution < 1.29 is 4.79 Å². The molecule has 0 aromatic carbocycles.